The van der Waals surface area contributed by atoms with Gasteiger partial charge in [0.05, 0.1) is 20.3 Å². The lowest BCUT2D eigenvalue weighted by Gasteiger charge is -2.43. The minimum Gasteiger partial charge on any atom is -0.481 e. The zero-order valence-electron chi connectivity index (χ0n) is 23.9. The van der Waals surface area contributed by atoms with E-state index < -0.39 is 0 Å². The lowest BCUT2D eigenvalue weighted by Crippen LogP contribution is -2.48. The molecule has 39 heavy (non-hydrogen) atoms. The zero-order chi connectivity index (χ0) is 27.2. The monoisotopic (exact) mass is 532 g/mol. The molecule has 3 heterocycles. The molecular weight excluding hydrogens is 488 g/mol. The molecule has 5 rings (SSSR count). The molecule has 0 bridgehead atoms. The van der Waals surface area contributed by atoms with Crippen molar-refractivity contribution in [3.8, 4) is 5.88 Å². The average molecular weight is 533 g/mol. The number of nitrogens with one attached hydrogen (secondary N) is 1. The number of hydrogen-bond acceptors (Lipinski definition) is 6. The van der Waals surface area contributed by atoms with Crippen LogP contribution in [0.25, 0.3) is 0 Å². The van der Waals surface area contributed by atoms with Crippen molar-refractivity contribution >= 4 is 11.6 Å². The summed E-state index contributed by atoms with van der Waals surface area (Å²) in [6, 6.07) is 9.52. The van der Waals surface area contributed by atoms with Crippen LogP contribution in [-0.4, -0.2) is 67.8 Å². The second-order valence-electron chi connectivity index (χ2n) is 11.0. The van der Waals surface area contributed by atoms with Gasteiger partial charge in [-0.2, -0.15) is 0 Å². The Labute approximate surface area is 233 Å². The van der Waals surface area contributed by atoms with Crippen LogP contribution >= 0.6 is 0 Å². The van der Waals surface area contributed by atoms with Gasteiger partial charge in [-0.3, -0.25) is 9.69 Å². The first-order valence-electron chi connectivity index (χ1n) is 14.8. The van der Waals surface area contributed by atoms with Gasteiger partial charge in [-0.05, 0) is 88.1 Å². The molecule has 1 saturated carbocycles. The van der Waals surface area contributed by atoms with Crippen molar-refractivity contribution in [2.24, 2.45) is 0 Å². The van der Waals surface area contributed by atoms with Gasteiger partial charge in [-0.1, -0.05) is 18.2 Å². The van der Waals surface area contributed by atoms with E-state index in [9.17, 15) is 4.79 Å². The summed E-state index contributed by atoms with van der Waals surface area (Å²) in [6.45, 7) is 9.42. The van der Waals surface area contributed by atoms with Crippen LogP contribution in [0.4, 0.5) is 5.69 Å². The van der Waals surface area contributed by atoms with Gasteiger partial charge in [0.2, 0.25) is 5.88 Å². The molecule has 1 aliphatic carbocycles. The highest BCUT2D eigenvalue weighted by molar-refractivity contribution is 5.97. The van der Waals surface area contributed by atoms with Gasteiger partial charge >= 0.3 is 0 Å². The fourth-order valence-electron chi connectivity index (χ4n) is 6.71. The van der Waals surface area contributed by atoms with Crippen LogP contribution in [0.1, 0.15) is 71.8 Å². The van der Waals surface area contributed by atoms with Crippen LogP contribution in [-0.2, 0) is 24.1 Å². The maximum Gasteiger partial charge on any atom is 0.251 e. The van der Waals surface area contributed by atoms with Gasteiger partial charge in [-0.15, -0.1) is 0 Å². The number of ether oxygens (including phenoxy) is 2. The Hall–Kier alpha value is -2.90. The second-order valence-corrected chi connectivity index (χ2v) is 11.0. The van der Waals surface area contributed by atoms with E-state index in [-0.39, 0.29) is 5.91 Å². The van der Waals surface area contributed by atoms with Gasteiger partial charge in [-0.25, -0.2) is 4.98 Å². The van der Waals surface area contributed by atoms with Crippen LogP contribution in [0.15, 0.2) is 36.4 Å². The summed E-state index contributed by atoms with van der Waals surface area (Å²) >= 11 is 0. The summed E-state index contributed by atoms with van der Waals surface area (Å²) in [5.74, 6) is 0.562. The molecule has 0 spiro atoms. The van der Waals surface area contributed by atoms with E-state index in [1.54, 1.807) is 7.11 Å². The summed E-state index contributed by atoms with van der Waals surface area (Å²) < 4.78 is 11.2. The van der Waals surface area contributed by atoms with Gasteiger partial charge < -0.3 is 19.7 Å². The number of anilines is 1. The number of methoxy groups -OCH3 is 1. The minimum atomic E-state index is -0.0403. The molecule has 2 aliphatic heterocycles. The van der Waals surface area contributed by atoms with E-state index in [0.717, 1.165) is 74.5 Å². The molecule has 2 aromatic rings. The maximum absolute atomic E-state index is 13.6. The Bertz CT molecular complexity index is 1170. The van der Waals surface area contributed by atoms with Crippen molar-refractivity contribution < 1.29 is 14.3 Å². The highest BCUT2D eigenvalue weighted by Gasteiger charge is 2.31. The number of aromatic nitrogens is 1. The van der Waals surface area contributed by atoms with Gasteiger partial charge in [0, 0.05) is 60.8 Å². The van der Waals surface area contributed by atoms with E-state index in [0.29, 0.717) is 24.5 Å². The van der Waals surface area contributed by atoms with Crippen LogP contribution in [0.5, 0.6) is 5.88 Å². The first kappa shape index (κ1) is 27.7. The SMILES string of the molecule is CCN(c1cccc2c1CC=CCCc1cc(C)nc(OC)c1CNC2=O)[C@H]1CC[C@@H](N2CCOCC2)CC1. The van der Waals surface area contributed by atoms with E-state index in [1.807, 2.05) is 19.1 Å². The van der Waals surface area contributed by atoms with Crippen LogP contribution < -0.4 is 15.0 Å². The Kier molecular flexibility index (Phi) is 9.20. The molecule has 0 atom stereocenters. The van der Waals surface area contributed by atoms with Crippen molar-refractivity contribution in [2.75, 3.05) is 44.9 Å². The van der Waals surface area contributed by atoms with Gasteiger partial charge in [0.25, 0.3) is 5.91 Å². The molecule has 1 aromatic carbocycles. The number of aryl methyl sites for hydroxylation is 2. The van der Waals surface area contributed by atoms with Crippen molar-refractivity contribution in [3.63, 3.8) is 0 Å². The molecule has 1 amide bonds. The van der Waals surface area contributed by atoms with Gasteiger partial charge in [0.1, 0.15) is 0 Å². The molecule has 1 N–H and O–H groups in total. The smallest absolute Gasteiger partial charge is 0.251 e. The predicted octanol–water partition coefficient (Wildman–Crippen LogP) is 4.84. The summed E-state index contributed by atoms with van der Waals surface area (Å²) in [5, 5.41) is 3.20. The lowest BCUT2D eigenvalue weighted by atomic mass is 9.88. The van der Waals surface area contributed by atoms with Crippen LogP contribution in [0.2, 0.25) is 0 Å². The number of benzene rings is 1. The standard InChI is InChI=1S/C32H44N4O3/c1-4-36(26-15-13-25(14-16-26)35-17-19-39-20-18-35)30-12-8-11-28-27(30)10-7-5-6-9-24-21-23(2)34-32(38-3)29(24)22-33-31(28)37/h5,7-8,11-12,21,25-26H,4,6,9-10,13-20,22H2,1-3H3,(H,33,37)/t25-,26+. The number of rotatable bonds is 5. The molecule has 2 fully saturated rings. The largest absolute Gasteiger partial charge is 0.481 e. The summed E-state index contributed by atoms with van der Waals surface area (Å²) in [6.07, 6.45) is 11.9. The van der Waals surface area contributed by atoms with Gasteiger partial charge in [0.15, 0.2) is 0 Å². The Morgan fingerprint density at radius 2 is 1.92 bits per heavy atom. The molecule has 210 valence electrons. The Morgan fingerprint density at radius 3 is 2.67 bits per heavy atom. The van der Waals surface area contributed by atoms with Crippen molar-refractivity contribution in [1.82, 2.24) is 15.2 Å². The maximum atomic E-state index is 13.6. The summed E-state index contributed by atoms with van der Waals surface area (Å²) in [5.41, 5.74) is 6.18. The number of hydrogen-bond donors (Lipinski definition) is 1. The number of pyridine rings is 1. The number of carbonyl (C=O) groups excluding carboxylic acids is 1. The number of morpholine rings is 1. The fraction of sp³-hybridized carbons (Fsp3) is 0.562. The van der Waals surface area contributed by atoms with E-state index >= 15 is 0 Å². The van der Waals surface area contributed by atoms with Crippen LogP contribution in [0, 0.1) is 6.92 Å². The quantitative estimate of drug-likeness (QED) is 0.556. The third kappa shape index (κ3) is 6.30. The molecule has 3 aliphatic rings. The average Bonchev–Trinajstić information content (AvgIpc) is 2.97. The first-order chi connectivity index (χ1) is 19.1. The number of carbonyl (C=O) groups is 1. The highest BCUT2D eigenvalue weighted by Crippen LogP contribution is 2.34. The minimum absolute atomic E-state index is 0.0403. The lowest BCUT2D eigenvalue weighted by molar-refractivity contribution is 0.00730. The highest BCUT2D eigenvalue weighted by atomic mass is 16.5. The third-order valence-electron chi connectivity index (χ3n) is 8.71. The Balaban J connectivity index is 1.38. The molecule has 0 unspecified atom stereocenters. The predicted molar refractivity (Wildman–Crippen MR) is 156 cm³/mol. The molecule has 7 heteroatoms. The number of allylic oxidation sites excluding steroid dienone is 2. The topological polar surface area (TPSA) is 66.9 Å². The van der Waals surface area contributed by atoms with E-state index in [1.165, 1.54) is 36.9 Å². The second kappa shape index (κ2) is 13.0. The number of amides is 1. The van der Waals surface area contributed by atoms with Crippen LogP contribution in [0.3, 0.4) is 0 Å². The van der Waals surface area contributed by atoms with E-state index in [4.69, 9.17) is 9.47 Å². The normalized spacial score (nSPS) is 22.6. The van der Waals surface area contributed by atoms with E-state index in [2.05, 4.69) is 51.3 Å². The zero-order valence-corrected chi connectivity index (χ0v) is 23.9. The first-order valence-corrected chi connectivity index (χ1v) is 14.8. The third-order valence-corrected chi connectivity index (χ3v) is 8.71. The summed E-state index contributed by atoms with van der Waals surface area (Å²) in [4.78, 5) is 23.4. The molecule has 1 aromatic heterocycles. The number of fused-ring (bicyclic) bond motifs is 2. The molecule has 0 radical (unpaired) electrons. The fourth-order valence-corrected chi connectivity index (χ4v) is 6.71. The summed E-state index contributed by atoms with van der Waals surface area (Å²) in [7, 11) is 1.65. The molecule has 1 saturated heterocycles. The van der Waals surface area contributed by atoms with Crippen molar-refractivity contribution in [3.05, 3.63) is 64.4 Å². The van der Waals surface area contributed by atoms with Crippen molar-refractivity contribution in [1.29, 1.82) is 0 Å². The molecule has 7 nitrogen and oxygen atoms in total. The Morgan fingerprint density at radius 1 is 1.13 bits per heavy atom. The molecular formula is C32H44N4O3. The van der Waals surface area contributed by atoms with Crippen molar-refractivity contribution in [2.45, 2.75) is 77.4 Å². The number of nitrogens with zero attached hydrogens (tertiary/aromatic N) is 3.